The van der Waals surface area contributed by atoms with Crippen molar-refractivity contribution in [3.05, 3.63) is 59.3 Å². The van der Waals surface area contributed by atoms with E-state index in [0.717, 1.165) is 12.1 Å². The number of anilines is 1. The summed E-state index contributed by atoms with van der Waals surface area (Å²) in [5.74, 6) is -1.65. The molecule has 23 heavy (non-hydrogen) atoms. The van der Waals surface area contributed by atoms with Crippen molar-refractivity contribution in [3.63, 3.8) is 0 Å². The number of aromatic hydroxyl groups is 1. The normalized spacial score (nSPS) is 10.7. The van der Waals surface area contributed by atoms with E-state index in [1.54, 1.807) is 0 Å². The Bertz CT molecular complexity index is 882. The second-order valence-electron chi connectivity index (χ2n) is 4.75. The average Bonchev–Trinajstić information content (AvgIpc) is 2.50. The predicted octanol–water partition coefficient (Wildman–Crippen LogP) is 4.03. The molecule has 3 N–H and O–H groups in total. The average molecular weight is 334 g/mol. The van der Waals surface area contributed by atoms with Gasteiger partial charge in [0.25, 0.3) is 0 Å². The lowest BCUT2D eigenvalue weighted by atomic mass is 10.0. The summed E-state index contributed by atoms with van der Waals surface area (Å²) >= 11 is 5.88. The third kappa shape index (κ3) is 2.80. The zero-order valence-corrected chi connectivity index (χ0v) is 12.4. The van der Waals surface area contributed by atoms with Gasteiger partial charge in [0, 0.05) is 5.56 Å². The molecule has 0 atom stereocenters. The van der Waals surface area contributed by atoms with E-state index in [9.17, 15) is 13.9 Å². The Kier molecular flexibility index (Phi) is 3.83. The molecule has 0 radical (unpaired) electrons. The lowest BCUT2D eigenvalue weighted by molar-refractivity contribution is 0.475. The highest BCUT2D eigenvalue weighted by Gasteiger charge is 2.19. The number of hydrogen-bond donors (Lipinski definition) is 2. The number of halogens is 3. The summed E-state index contributed by atoms with van der Waals surface area (Å²) < 4.78 is 28.2. The molecular weight excluding hydrogens is 324 g/mol. The molecule has 3 aromatic rings. The van der Waals surface area contributed by atoms with Crippen LogP contribution in [0.4, 0.5) is 14.6 Å². The Morgan fingerprint density at radius 2 is 1.74 bits per heavy atom. The lowest BCUT2D eigenvalue weighted by Crippen LogP contribution is -2.01. The van der Waals surface area contributed by atoms with Crippen LogP contribution in [0.5, 0.6) is 5.75 Å². The summed E-state index contributed by atoms with van der Waals surface area (Å²) in [4.78, 5) is 8.14. The van der Waals surface area contributed by atoms with Gasteiger partial charge in [-0.25, -0.2) is 13.8 Å². The van der Waals surface area contributed by atoms with Crippen LogP contribution < -0.4 is 5.73 Å². The molecule has 0 aliphatic carbocycles. The first-order valence-corrected chi connectivity index (χ1v) is 6.91. The smallest absolute Gasteiger partial charge is 0.142 e. The molecule has 1 aromatic heterocycles. The fourth-order valence-corrected chi connectivity index (χ4v) is 2.35. The van der Waals surface area contributed by atoms with Crippen molar-refractivity contribution >= 4 is 17.4 Å². The van der Waals surface area contributed by atoms with Gasteiger partial charge in [0.2, 0.25) is 0 Å². The summed E-state index contributed by atoms with van der Waals surface area (Å²) in [5, 5.41) is 9.59. The molecule has 0 aliphatic heterocycles. The monoisotopic (exact) mass is 333 g/mol. The van der Waals surface area contributed by atoms with Crippen LogP contribution in [-0.2, 0) is 0 Å². The van der Waals surface area contributed by atoms with E-state index in [0.29, 0.717) is 5.56 Å². The van der Waals surface area contributed by atoms with Crippen LogP contribution in [0.1, 0.15) is 0 Å². The first-order valence-electron chi connectivity index (χ1n) is 6.53. The number of benzene rings is 2. The molecule has 2 aromatic carbocycles. The molecule has 7 heteroatoms. The van der Waals surface area contributed by atoms with Crippen LogP contribution in [0.3, 0.4) is 0 Å². The molecule has 0 saturated carbocycles. The van der Waals surface area contributed by atoms with Crippen LogP contribution in [0.2, 0.25) is 5.02 Å². The van der Waals surface area contributed by atoms with Gasteiger partial charge in [0.05, 0.1) is 22.5 Å². The Labute approximate surface area is 135 Å². The van der Waals surface area contributed by atoms with Crippen LogP contribution in [0, 0.1) is 11.6 Å². The van der Waals surface area contributed by atoms with Crippen molar-refractivity contribution in [1.29, 1.82) is 0 Å². The van der Waals surface area contributed by atoms with Gasteiger partial charge in [-0.1, -0.05) is 17.7 Å². The first kappa shape index (κ1) is 15.2. The molecule has 0 saturated heterocycles. The molecule has 0 spiro atoms. The maximum absolute atomic E-state index is 14.1. The predicted molar refractivity (Wildman–Crippen MR) is 83.9 cm³/mol. The molecule has 116 valence electrons. The third-order valence-electron chi connectivity index (χ3n) is 3.21. The fraction of sp³-hybridized carbons (Fsp3) is 0. The van der Waals surface area contributed by atoms with E-state index < -0.39 is 11.6 Å². The maximum atomic E-state index is 14.1. The van der Waals surface area contributed by atoms with Crippen molar-refractivity contribution in [1.82, 2.24) is 9.97 Å². The van der Waals surface area contributed by atoms with Gasteiger partial charge in [0.1, 0.15) is 28.9 Å². The fourth-order valence-electron chi connectivity index (χ4n) is 2.17. The highest BCUT2D eigenvalue weighted by Crippen LogP contribution is 2.35. The van der Waals surface area contributed by atoms with Gasteiger partial charge in [0.15, 0.2) is 0 Å². The lowest BCUT2D eigenvalue weighted by Gasteiger charge is -2.11. The van der Waals surface area contributed by atoms with Gasteiger partial charge in [-0.3, -0.25) is 4.98 Å². The van der Waals surface area contributed by atoms with Crippen molar-refractivity contribution in [3.8, 4) is 28.3 Å². The van der Waals surface area contributed by atoms with Crippen molar-refractivity contribution in [2.45, 2.75) is 0 Å². The second-order valence-corrected chi connectivity index (χ2v) is 5.16. The van der Waals surface area contributed by atoms with E-state index in [4.69, 9.17) is 17.3 Å². The number of rotatable bonds is 2. The highest BCUT2D eigenvalue weighted by molar-refractivity contribution is 6.32. The van der Waals surface area contributed by atoms with E-state index in [2.05, 4.69) is 9.97 Å². The molecule has 3 rings (SSSR count). The quantitative estimate of drug-likeness (QED) is 0.742. The first-order chi connectivity index (χ1) is 11.0. The van der Waals surface area contributed by atoms with Gasteiger partial charge in [-0.05, 0) is 30.3 Å². The minimum Gasteiger partial charge on any atom is -0.506 e. The molecule has 0 amide bonds. The van der Waals surface area contributed by atoms with Crippen molar-refractivity contribution in [2.75, 3.05) is 5.73 Å². The number of nitrogens with zero attached hydrogens (tertiary/aromatic N) is 2. The summed E-state index contributed by atoms with van der Waals surface area (Å²) in [7, 11) is 0. The molecule has 4 nitrogen and oxygen atoms in total. The zero-order valence-electron chi connectivity index (χ0n) is 11.6. The standard InChI is InChI=1S/C16H10ClF2N3O/c17-9-6-8(4-5-12(9)23)15-16(22-13(20)7-21-15)14-10(18)2-1-3-11(14)19/h1-7,23H,(H2,20,22). The van der Waals surface area contributed by atoms with Crippen molar-refractivity contribution < 1.29 is 13.9 Å². The van der Waals surface area contributed by atoms with Gasteiger partial charge >= 0.3 is 0 Å². The Morgan fingerprint density at radius 3 is 2.39 bits per heavy atom. The van der Waals surface area contributed by atoms with Crippen LogP contribution in [-0.4, -0.2) is 15.1 Å². The van der Waals surface area contributed by atoms with Gasteiger partial charge in [-0.15, -0.1) is 0 Å². The molecule has 0 bridgehead atoms. The van der Waals surface area contributed by atoms with Gasteiger partial charge < -0.3 is 10.8 Å². The topological polar surface area (TPSA) is 72.0 Å². The number of phenols is 1. The molecule has 0 aliphatic rings. The van der Waals surface area contributed by atoms with E-state index in [1.807, 2.05) is 0 Å². The summed E-state index contributed by atoms with van der Waals surface area (Å²) in [6, 6.07) is 7.80. The number of hydrogen-bond acceptors (Lipinski definition) is 4. The van der Waals surface area contributed by atoms with E-state index in [-0.39, 0.29) is 33.5 Å². The third-order valence-corrected chi connectivity index (χ3v) is 3.51. The molecule has 1 heterocycles. The maximum Gasteiger partial charge on any atom is 0.142 e. The number of nitrogens with two attached hydrogens (primary N) is 1. The van der Waals surface area contributed by atoms with E-state index >= 15 is 0 Å². The van der Waals surface area contributed by atoms with Crippen LogP contribution >= 0.6 is 11.6 Å². The number of nitrogen functional groups attached to an aromatic ring is 1. The zero-order chi connectivity index (χ0) is 16.6. The minimum atomic E-state index is -0.781. The van der Waals surface area contributed by atoms with Crippen LogP contribution in [0.15, 0.2) is 42.6 Å². The SMILES string of the molecule is Nc1cnc(-c2ccc(O)c(Cl)c2)c(-c2c(F)cccc2F)n1. The Balaban J connectivity index is 2.29. The molecule has 0 fully saturated rings. The Hall–Kier alpha value is -2.73. The minimum absolute atomic E-state index is 0.0243. The molecular formula is C16H10ClF2N3O. The summed E-state index contributed by atoms with van der Waals surface area (Å²) in [6.45, 7) is 0. The number of phenolic OH excluding ortho intramolecular Hbond substituents is 1. The van der Waals surface area contributed by atoms with E-state index in [1.165, 1.54) is 30.5 Å². The summed E-state index contributed by atoms with van der Waals surface area (Å²) in [6.07, 6.45) is 1.28. The highest BCUT2D eigenvalue weighted by atomic mass is 35.5. The largest absolute Gasteiger partial charge is 0.506 e. The Morgan fingerprint density at radius 1 is 1.04 bits per heavy atom. The van der Waals surface area contributed by atoms with Gasteiger partial charge in [-0.2, -0.15) is 0 Å². The molecule has 0 unspecified atom stereocenters. The van der Waals surface area contributed by atoms with Crippen molar-refractivity contribution in [2.24, 2.45) is 0 Å². The summed E-state index contributed by atoms with van der Waals surface area (Å²) in [5.41, 5.74) is 5.89. The van der Waals surface area contributed by atoms with Crippen LogP contribution in [0.25, 0.3) is 22.5 Å². The number of aromatic nitrogens is 2. The second kappa shape index (κ2) is 5.81.